The van der Waals surface area contributed by atoms with E-state index in [0.717, 1.165) is 26.6 Å². The molecular formula is C24H34N2O6S3. The second-order valence-electron chi connectivity index (χ2n) is 9.47. The van der Waals surface area contributed by atoms with Crippen LogP contribution in [0.4, 0.5) is 0 Å². The molecule has 1 saturated heterocycles. The summed E-state index contributed by atoms with van der Waals surface area (Å²) in [5, 5.41) is 0. The second-order valence-corrected chi connectivity index (χ2v) is 15.3. The summed E-state index contributed by atoms with van der Waals surface area (Å²) in [6.45, 7) is 10.5. The third-order valence-electron chi connectivity index (χ3n) is 6.70. The van der Waals surface area contributed by atoms with Crippen molar-refractivity contribution in [2.45, 2.75) is 63.8 Å². The zero-order chi connectivity index (χ0) is 26.3. The smallest absolute Gasteiger partial charge is 0.229 e. The Labute approximate surface area is 209 Å². The Balaban J connectivity index is 1.92. The molecule has 1 fully saturated rings. The zero-order valence-electron chi connectivity index (χ0n) is 21.0. The third kappa shape index (κ3) is 5.96. The first-order valence-corrected chi connectivity index (χ1v) is 16.2. The van der Waals surface area contributed by atoms with Crippen LogP contribution in [-0.2, 0) is 29.9 Å². The van der Waals surface area contributed by atoms with E-state index in [9.17, 15) is 25.3 Å². The van der Waals surface area contributed by atoms with Gasteiger partial charge >= 0.3 is 0 Å². The fourth-order valence-corrected chi connectivity index (χ4v) is 9.53. The van der Waals surface area contributed by atoms with Crippen molar-refractivity contribution in [3.63, 3.8) is 0 Å². The van der Waals surface area contributed by atoms with Gasteiger partial charge in [0.05, 0.1) is 21.3 Å². The van der Waals surface area contributed by atoms with Crippen molar-refractivity contribution in [3.05, 3.63) is 57.6 Å². The highest BCUT2D eigenvalue weighted by atomic mass is 32.2. The molecule has 2 aromatic rings. The number of sulfonamides is 2. The second kappa shape index (κ2) is 9.93. The molecule has 8 nitrogen and oxygen atoms in total. The van der Waals surface area contributed by atoms with Gasteiger partial charge in [-0.1, -0.05) is 12.1 Å². The van der Waals surface area contributed by atoms with E-state index < -0.39 is 35.9 Å². The minimum absolute atomic E-state index is 0.0941. The monoisotopic (exact) mass is 542 g/mol. The SMILES string of the molecule is Cc1cc(C)c(S(=O)(=O)NCCN([C@@H]2CCS(=O)(=O)C2)S(=O)(=O)c2cc(C)c(C)cc2C)cc1C. The molecule has 0 bridgehead atoms. The predicted molar refractivity (Wildman–Crippen MR) is 137 cm³/mol. The molecule has 0 aromatic heterocycles. The van der Waals surface area contributed by atoms with Crippen LogP contribution in [0.5, 0.6) is 0 Å². The van der Waals surface area contributed by atoms with E-state index in [-0.39, 0.29) is 40.8 Å². The van der Waals surface area contributed by atoms with Gasteiger partial charge in [0.25, 0.3) is 0 Å². The molecule has 0 aliphatic carbocycles. The molecule has 0 unspecified atom stereocenters. The van der Waals surface area contributed by atoms with E-state index >= 15 is 0 Å². The Morgan fingerprint density at radius 1 is 0.800 bits per heavy atom. The van der Waals surface area contributed by atoms with Crippen LogP contribution in [0.15, 0.2) is 34.1 Å². The van der Waals surface area contributed by atoms with E-state index in [1.165, 1.54) is 0 Å². The van der Waals surface area contributed by atoms with Crippen LogP contribution in [0.3, 0.4) is 0 Å². The fraction of sp³-hybridized carbons (Fsp3) is 0.500. The first-order valence-electron chi connectivity index (χ1n) is 11.4. The molecule has 1 aliphatic rings. The molecule has 1 atom stereocenters. The van der Waals surface area contributed by atoms with Gasteiger partial charge in [0.1, 0.15) is 0 Å². The number of nitrogens with one attached hydrogen (secondary N) is 1. The maximum absolute atomic E-state index is 13.7. The van der Waals surface area contributed by atoms with Gasteiger partial charge in [-0.25, -0.2) is 30.0 Å². The summed E-state index contributed by atoms with van der Waals surface area (Å²) in [4.78, 5) is 0.251. The van der Waals surface area contributed by atoms with Crippen molar-refractivity contribution < 1.29 is 25.3 Å². The van der Waals surface area contributed by atoms with E-state index in [4.69, 9.17) is 0 Å². The first kappa shape index (κ1) is 27.8. The Morgan fingerprint density at radius 2 is 1.29 bits per heavy atom. The molecule has 35 heavy (non-hydrogen) atoms. The van der Waals surface area contributed by atoms with Crippen LogP contribution in [-0.4, -0.2) is 60.2 Å². The zero-order valence-corrected chi connectivity index (χ0v) is 23.5. The Morgan fingerprint density at radius 3 is 1.80 bits per heavy atom. The lowest BCUT2D eigenvalue weighted by Gasteiger charge is -2.28. The quantitative estimate of drug-likeness (QED) is 0.548. The highest BCUT2D eigenvalue weighted by Gasteiger charge is 2.39. The van der Waals surface area contributed by atoms with Gasteiger partial charge in [0.15, 0.2) is 9.84 Å². The number of rotatable bonds is 8. The van der Waals surface area contributed by atoms with Crippen molar-refractivity contribution in [2.24, 2.45) is 0 Å². The highest BCUT2D eigenvalue weighted by Crippen LogP contribution is 2.28. The fourth-order valence-electron chi connectivity index (χ4n) is 4.43. The van der Waals surface area contributed by atoms with Gasteiger partial charge in [-0.05, 0) is 93.5 Å². The van der Waals surface area contributed by atoms with E-state index in [1.807, 2.05) is 27.7 Å². The van der Waals surface area contributed by atoms with Crippen molar-refractivity contribution in [1.82, 2.24) is 9.03 Å². The van der Waals surface area contributed by atoms with Crippen molar-refractivity contribution in [3.8, 4) is 0 Å². The van der Waals surface area contributed by atoms with Gasteiger partial charge in [-0.3, -0.25) is 0 Å². The maximum atomic E-state index is 13.7. The Bertz CT molecular complexity index is 1460. The number of sulfone groups is 1. The summed E-state index contributed by atoms with van der Waals surface area (Å²) in [6.07, 6.45) is 0.175. The van der Waals surface area contributed by atoms with E-state index in [1.54, 1.807) is 38.1 Å². The molecule has 3 rings (SSSR count). The summed E-state index contributed by atoms with van der Waals surface area (Å²) in [5.74, 6) is -0.373. The molecule has 11 heteroatoms. The molecule has 0 saturated carbocycles. The summed E-state index contributed by atoms with van der Waals surface area (Å²) in [5.41, 5.74) is 4.72. The molecule has 194 valence electrons. The largest absolute Gasteiger partial charge is 0.243 e. The molecule has 0 radical (unpaired) electrons. The number of hydrogen-bond acceptors (Lipinski definition) is 6. The Hall–Kier alpha value is -1.79. The van der Waals surface area contributed by atoms with Crippen molar-refractivity contribution in [2.75, 3.05) is 24.6 Å². The van der Waals surface area contributed by atoms with Crippen LogP contribution in [0.1, 0.15) is 39.8 Å². The minimum atomic E-state index is -4.07. The summed E-state index contributed by atoms with van der Waals surface area (Å²) in [6, 6.07) is 6.03. The molecule has 1 N–H and O–H groups in total. The highest BCUT2D eigenvalue weighted by molar-refractivity contribution is 7.92. The van der Waals surface area contributed by atoms with Gasteiger partial charge in [-0.15, -0.1) is 0 Å². The lowest BCUT2D eigenvalue weighted by atomic mass is 10.1. The molecule has 0 amide bonds. The topological polar surface area (TPSA) is 118 Å². The van der Waals surface area contributed by atoms with E-state index in [0.29, 0.717) is 11.1 Å². The van der Waals surface area contributed by atoms with E-state index in [2.05, 4.69) is 4.72 Å². The van der Waals surface area contributed by atoms with Crippen LogP contribution < -0.4 is 4.72 Å². The predicted octanol–water partition coefficient (Wildman–Crippen LogP) is 2.69. The van der Waals surface area contributed by atoms with Gasteiger partial charge in [-0.2, -0.15) is 4.31 Å². The molecule has 1 heterocycles. The summed E-state index contributed by atoms with van der Waals surface area (Å²) < 4.78 is 81.5. The lowest BCUT2D eigenvalue weighted by molar-refractivity contribution is 0.343. The number of benzene rings is 2. The van der Waals surface area contributed by atoms with Crippen LogP contribution in [0.2, 0.25) is 0 Å². The van der Waals surface area contributed by atoms with Crippen LogP contribution >= 0.6 is 0 Å². The average molecular weight is 543 g/mol. The van der Waals surface area contributed by atoms with Crippen LogP contribution in [0, 0.1) is 41.5 Å². The van der Waals surface area contributed by atoms with Crippen molar-refractivity contribution in [1.29, 1.82) is 0 Å². The normalized spacial score (nSPS) is 18.3. The Kier molecular flexibility index (Phi) is 7.88. The number of hydrogen-bond donors (Lipinski definition) is 1. The van der Waals surface area contributed by atoms with Crippen molar-refractivity contribution >= 4 is 29.9 Å². The molecular weight excluding hydrogens is 508 g/mol. The minimum Gasteiger partial charge on any atom is -0.229 e. The molecule has 2 aromatic carbocycles. The third-order valence-corrected chi connectivity index (χ3v) is 12.1. The lowest BCUT2D eigenvalue weighted by Crippen LogP contribution is -2.45. The summed E-state index contributed by atoms with van der Waals surface area (Å²) in [7, 11) is -11.3. The average Bonchev–Trinajstić information content (AvgIpc) is 3.09. The van der Waals surface area contributed by atoms with Gasteiger partial charge < -0.3 is 0 Å². The number of nitrogens with zero attached hydrogens (tertiary/aromatic N) is 1. The molecule has 0 spiro atoms. The van der Waals surface area contributed by atoms with Crippen LogP contribution in [0.25, 0.3) is 0 Å². The number of aryl methyl sites for hydroxylation is 6. The van der Waals surface area contributed by atoms with Gasteiger partial charge in [0, 0.05) is 19.1 Å². The summed E-state index contributed by atoms with van der Waals surface area (Å²) >= 11 is 0. The molecule has 1 aliphatic heterocycles. The maximum Gasteiger partial charge on any atom is 0.243 e. The first-order chi connectivity index (χ1) is 16.0. The van der Waals surface area contributed by atoms with Gasteiger partial charge in [0.2, 0.25) is 20.0 Å². The standard InChI is InChI=1S/C24H34N2O6S3/c1-16-11-20(5)23(13-18(16)3)34(29,30)25-8-9-26(22-7-10-33(27,28)15-22)35(31,32)24-14-19(4)17(2)12-21(24)6/h11-14,22,25H,7-10,15H2,1-6H3/t22-/m1/s1.